The maximum atomic E-state index is 13.9. The number of amides is 2. The van der Waals surface area contributed by atoms with Crippen molar-refractivity contribution in [3.8, 4) is 0 Å². The van der Waals surface area contributed by atoms with Crippen molar-refractivity contribution in [1.29, 1.82) is 0 Å². The number of hydrogen-bond acceptors (Lipinski definition) is 2. The molecule has 4 nitrogen and oxygen atoms in total. The van der Waals surface area contributed by atoms with Crippen LogP contribution in [0.3, 0.4) is 0 Å². The molecule has 0 aromatic heterocycles. The van der Waals surface area contributed by atoms with E-state index >= 15 is 0 Å². The molecule has 3 rings (SSSR count). The highest BCUT2D eigenvalue weighted by Gasteiger charge is 2.37. The largest absolute Gasteiger partial charge is 0.337 e. The lowest BCUT2D eigenvalue weighted by atomic mass is 10.1. The Kier molecular flexibility index (Phi) is 5.89. The summed E-state index contributed by atoms with van der Waals surface area (Å²) in [5.74, 6) is -0.818. The smallest absolute Gasteiger partial charge is 0.228 e. The first-order valence-corrected chi connectivity index (χ1v) is 9.31. The molecular formula is C22H25FN2O2. The third-order valence-corrected chi connectivity index (χ3v) is 4.98. The number of hydrogen-bond donors (Lipinski definition) is 0. The normalized spacial score (nSPS) is 16.8. The molecule has 0 saturated carbocycles. The van der Waals surface area contributed by atoms with E-state index in [1.54, 1.807) is 23.1 Å². The van der Waals surface area contributed by atoms with Crippen LogP contribution in [0.4, 0.5) is 4.39 Å². The molecule has 5 heteroatoms. The first kappa shape index (κ1) is 19.1. The number of carbonyl (C=O) groups is 2. The quantitative estimate of drug-likeness (QED) is 0.781. The lowest BCUT2D eigenvalue weighted by molar-refractivity contribution is -0.138. The van der Waals surface area contributed by atoms with Crippen LogP contribution >= 0.6 is 0 Å². The molecule has 0 spiro atoms. The van der Waals surface area contributed by atoms with Crippen molar-refractivity contribution in [2.24, 2.45) is 5.92 Å². The van der Waals surface area contributed by atoms with Gasteiger partial charge in [-0.15, -0.1) is 0 Å². The Balaban J connectivity index is 1.69. The summed E-state index contributed by atoms with van der Waals surface area (Å²) in [7, 11) is 0. The van der Waals surface area contributed by atoms with E-state index in [2.05, 4.69) is 0 Å². The average Bonchev–Trinajstić information content (AvgIpc) is 3.02. The highest BCUT2D eigenvalue weighted by atomic mass is 19.1. The van der Waals surface area contributed by atoms with Crippen molar-refractivity contribution in [3.63, 3.8) is 0 Å². The van der Waals surface area contributed by atoms with E-state index in [-0.39, 0.29) is 42.6 Å². The minimum absolute atomic E-state index is 0.0155. The zero-order valence-electron chi connectivity index (χ0n) is 15.8. The molecule has 0 radical (unpaired) electrons. The minimum atomic E-state index is -0.379. The first-order valence-electron chi connectivity index (χ1n) is 9.31. The summed E-state index contributed by atoms with van der Waals surface area (Å²) in [4.78, 5) is 28.9. The van der Waals surface area contributed by atoms with Gasteiger partial charge in [0.25, 0.3) is 0 Å². The number of carbonyl (C=O) groups excluding carboxylic acids is 2. The summed E-state index contributed by atoms with van der Waals surface area (Å²) in [6, 6.07) is 16.3. The van der Waals surface area contributed by atoms with Gasteiger partial charge in [-0.2, -0.15) is 0 Å². The van der Waals surface area contributed by atoms with E-state index < -0.39 is 0 Å². The number of halogens is 1. The van der Waals surface area contributed by atoms with Gasteiger partial charge in [-0.25, -0.2) is 4.39 Å². The lowest BCUT2D eigenvalue weighted by Gasteiger charge is -2.29. The zero-order valence-corrected chi connectivity index (χ0v) is 15.8. The van der Waals surface area contributed by atoms with Gasteiger partial charge in [0.05, 0.1) is 5.92 Å². The Morgan fingerprint density at radius 1 is 1.15 bits per heavy atom. The Hall–Kier alpha value is -2.69. The van der Waals surface area contributed by atoms with Crippen LogP contribution in [0, 0.1) is 11.7 Å². The molecule has 1 heterocycles. The van der Waals surface area contributed by atoms with E-state index in [0.717, 1.165) is 5.56 Å². The number of nitrogens with zero attached hydrogens (tertiary/aromatic N) is 2. The summed E-state index contributed by atoms with van der Waals surface area (Å²) in [6.07, 6.45) is 0.186. The Labute approximate surface area is 159 Å². The van der Waals surface area contributed by atoms with Crippen molar-refractivity contribution in [2.75, 3.05) is 6.54 Å². The van der Waals surface area contributed by atoms with Crippen LogP contribution < -0.4 is 0 Å². The fourth-order valence-corrected chi connectivity index (χ4v) is 3.45. The van der Waals surface area contributed by atoms with Gasteiger partial charge < -0.3 is 9.80 Å². The van der Waals surface area contributed by atoms with Gasteiger partial charge in [-0.1, -0.05) is 48.5 Å². The highest BCUT2D eigenvalue weighted by molar-refractivity contribution is 5.89. The van der Waals surface area contributed by atoms with Crippen LogP contribution in [-0.4, -0.2) is 34.2 Å². The molecule has 1 saturated heterocycles. The van der Waals surface area contributed by atoms with E-state index in [1.807, 2.05) is 49.1 Å². The van der Waals surface area contributed by atoms with E-state index in [9.17, 15) is 14.0 Å². The fraction of sp³-hybridized carbons (Fsp3) is 0.364. The molecule has 2 aromatic carbocycles. The fourth-order valence-electron chi connectivity index (χ4n) is 3.45. The van der Waals surface area contributed by atoms with Crippen LogP contribution in [0.15, 0.2) is 54.6 Å². The van der Waals surface area contributed by atoms with Gasteiger partial charge in [0.2, 0.25) is 11.8 Å². The molecule has 27 heavy (non-hydrogen) atoms. The second-order valence-electron chi connectivity index (χ2n) is 7.31. The van der Waals surface area contributed by atoms with Crippen LogP contribution in [0.1, 0.15) is 31.4 Å². The maximum Gasteiger partial charge on any atom is 0.228 e. The van der Waals surface area contributed by atoms with Gasteiger partial charge in [-0.05, 0) is 25.5 Å². The zero-order chi connectivity index (χ0) is 19.4. The lowest BCUT2D eigenvalue weighted by Crippen LogP contribution is -2.41. The van der Waals surface area contributed by atoms with Crippen LogP contribution in [0.2, 0.25) is 0 Å². The molecule has 1 aliphatic heterocycles. The molecule has 2 amide bonds. The van der Waals surface area contributed by atoms with E-state index in [1.165, 1.54) is 6.07 Å². The summed E-state index contributed by atoms with van der Waals surface area (Å²) in [6.45, 7) is 5.03. The highest BCUT2D eigenvalue weighted by Crippen LogP contribution is 2.24. The van der Waals surface area contributed by atoms with Crippen LogP contribution in [0.25, 0.3) is 0 Å². The number of likely N-dealkylation sites (tertiary alicyclic amines) is 1. The van der Waals surface area contributed by atoms with Crippen molar-refractivity contribution in [1.82, 2.24) is 9.80 Å². The third kappa shape index (κ3) is 4.54. The third-order valence-electron chi connectivity index (χ3n) is 4.98. The predicted molar refractivity (Wildman–Crippen MR) is 102 cm³/mol. The average molecular weight is 368 g/mol. The van der Waals surface area contributed by atoms with Crippen molar-refractivity contribution < 1.29 is 14.0 Å². The van der Waals surface area contributed by atoms with Crippen LogP contribution in [0.5, 0.6) is 0 Å². The molecule has 2 aromatic rings. The second-order valence-corrected chi connectivity index (χ2v) is 7.31. The van der Waals surface area contributed by atoms with Crippen LogP contribution in [-0.2, 0) is 22.7 Å². The second kappa shape index (κ2) is 8.33. The van der Waals surface area contributed by atoms with Gasteiger partial charge >= 0.3 is 0 Å². The SMILES string of the molecule is CC(C)N(Cc1ccccc1)C(=O)C1CC(=O)N(Cc2ccccc2F)C1. The Morgan fingerprint density at radius 3 is 2.48 bits per heavy atom. The van der Waals surface area contributed by atoms with Crippen molar-refractivity contribution >= 4 is 11.8 Å². The predicted octanol–water partition coefficient (Wildman–Crippen LogP) is 3.61. The topological polar surface area (TPSA) is 40.6 Å². The standard InChI is InChI=1S/C22H25FN2O2/c1-16(2)25(13-17-8-4-3-5-9-17)22(27)19-12-21(26)24(15-19)14-18-10-6-7-11-20(18)23/h3-11,16,19H,12-15H2,1-2H3. The number of benzene rings is 2. The summed E-state index contributed by atoms with van der Waals surface area (Å²) < 4.78 is 13.9. The van der Waals surface area contributed by atoms with Crippen molar-refractivity contribution in [3.05, 3.63) is 71.5 Å². The van der Waals surface area contributed by atoms with Gasteiger partial charge in [0.15, 0.2) is 0 Å². The molecule has 1 atom stereocenters. The molecule has 1 aliphatic rings. The first-order chi connectivity index (χ1) is 13.0. The van der Waals surface area contributed by atoms with Gasteiger partial charge in [-0.3, -0.25) is 9.59 Å². The summed E-state index contributed by atoms with van der Waals surface area (Å²) in [5.41, 5.74) is 1.54. The molecule has 0 aliphatic carbocycles. The minimum Gasteiger partial charge on any atom is -0.337 e. The van der Waals surface area contributed by atoms with E-state index in [0.29, 0.717) is 18.7 Å². The summed E-state index contributed by atoms with van der Waals surface area (Å²) >= 11 is 0. The monoisotopic (exact) mass is 368 g/mol. The van der Waals surface area contributed by atoms with Gasteiger partial charge in [0, 0.05) is 37.7 Å². The molecule has 1 fully saturated rings. The molecular weight excluding hydrogens is 343 g/mol. The molecule has 0 bridgehead atoms. The Morgan fingerprint density at radius 2 is 1.81 bits per heavy atom. The number of rotatable bonds is 6. The van der Waals surface area contributed by atoms with Gasteiger partial charge in [0.1, 0.15) is 5.82 Å². The molecule has 1 unspecified atom stereocenters. The maximum absolute atomic E-state index is 13.9. The molecule has 0 N–H and O–H groups in total. The summed E-state index contributed by atoms with van der Waals surface area (Å²) in [5, 5.41) is 0. The van der Waals surface area contributed by atoms with Crippen molar-refractivity contribution in [2.45, 2.75) is 39.4 Å². The van der Waals surface area contributed by atoms with E-state index in [4.69, 9.17) is 0 Å². The molecule has 142 valence electrons. The Bertz CT molecular complexity index is 807.